The fourth-order valence-electron chi connectivity index (χ4n) is 12.9. The normalized spacial score (nSPS) is 12.2. The third kappa shape index (κ3) is 6.72. The van der Waals surface area contributed by atoms with Gasteiger partial charge in [0.15, 0.2) is 0 Å². The molecule has 0 saturated carbocycles. The Morgan fingerprint density at radius 2 is 0.632 bits per heavy atom. The van der Waals surface area contributed by atoms with Crippen LogP contribution in [0.25, 0.3) is 148 Å². The highest BCUT2D eigenvalue weighted by Gasteiger charge is 2.22. The molecule has 0 aliphatic heterocycles. The fraction of sp³-hybridized carbons (Fsp3) is 0.0133. The first-order valence-electron chi connectivity index (χ1n) is 26.5. The number of hydrogen-bond donors (Lipinski definition) is 0. The van der Waals surface area contributed by atoms with Crippen LogP contribution in [0.2, 0.25) is 0 Å². The number of benzene rings is 14. The molecule has 0 bridgehead atoms. The minimum Gasteiger partial charge on any atom is -0.309 e. The SMILES string of the molecule is c1ccc2c(-c3ccc4c(c3)Cc3cc(-n5c6ccc(-c7ccc(-c8cc9ccccc9c9ccccc89)cc7)cc6c6cc(-c7ccc(-c8cc9ccccc9c9ccccc89)cc7)ccc65)ccc3-4)cccc2c1. The molecule has 1 heterocycles. The molecule has 0 amide bonds. The van der Waals surface area contributed by atoms with E-state index in [1.165, 1.54) is 159 Å². The maximum atomic E-state index is 2.49. The quantitative estimate of drug-likeness (QED) is 0.146. The summed E-state index contributed by atoms with van der Waals surface area (Å²) in [6.45, 7) is 0. The van der Waals surface area contributed by atoms with E-state index in [1.54, 1.807) is 0 Å². The van der Waals surface area contributed by atoms with Crippen molar-refractivity contribution in [3.05, 3.63) is 284 Å². The predicted molar refractivity (Wildman–Crippen MR) is 324 cm³/mol. The number of nitrogens with zero attached hydrogens (tertiary/aromatic N) is 1. The maximum Gasteiger partial charge on any atom is 0.0541 e. The van der Waals surface area contributed by atoms with Gasteiger partial charge in [0.1, 0.15) is 0 Å². The highest BCUT2D eigenvalue weighted by atomic mass is 15.0. The number of hydrogen-bond acceptors (Lipinski definition) is 0. The third-order valence-corrected chi connectivity index (χ3v) is 16.6. The van der Waals surface area contributed by atoms with Gasteiger partial charge in [0, 0.05) is 16.5 Å². The molecule has 1 heteroatoms. The van der Waals surface area contributed by atoms with Crippen LogP contribution in [0, 0.1) is 0 Å². The number of fused-ring (bicyclic) bond motifs is 13. The third-order valence-electron chi connectivity index (χ3n) is 16.6. The summed E-state index contributed by atoms with van der Waals surface area (Å²) in [7, 11) is 0. The van der Waals surface area contributed by atoms with Gasteiger partial charge in [-0.2, -0.15) is 0 Å². The first-order chi connectivity index (χ1) is 37.6. The van der Waals surface area contributed by atoms with Gasteiger partial charge in [-0.15, -0.1) is 0 Å². The first-order valence-corrected chi connectivity index (χ1v) is 26.5. The Labute approximate surface area is 440 Å². The van der Waals surface area contributed by atoms with Crippen LogP contribution in [0.3, 0.4) is 0 Å². The van der Waals surface area contributed by atoms with Crippen molar-refractivity contribution in [2.45, 2.75) is 6.42 Å². The second kappa shape index (κ2) is 16.9. The van der Waals surface area contributed by atoms with Gasteiger partial charge in [0.2, 0.25) is 0 Å². The second-order valence-electron chi connectivity index (χ2n) is 20.8. The zero-order valence-corrected chi connectivity index (χ0v) is 41.6. The number of rotatable bonds is 6. The Hall–Kier alpha value is -9.82. The molecule has 1 aromatic heterocycles. The van der Waals surface area contributed by atoms with E-state index >= 15 is 0 Å². The number of aromatic nitrogens is 1. The van der Waals surface area contributed by atoms with Crippen LogP contribution in [-0.4, -0.2) is 4.57 Å². The molecule has 0 unspecified atom stereocenters. The monoisotopic (exact) mass is 961 g/mol. The Bertz CT molecular complexity index is 4650. The lowest BCUT2D eigenvalue weighted by Crippen LogP contribution is -1.95. The van der Waals surface area contributed by atoms with Crippen LogP contribution < -0.4 is 0 Å². The molecule has 352 valence electrons. The Balaban J connectivity index is 0.806. The summed E-state index contributed by atoms with van der Waals surface area (Å²) in [5.41, 5.74) is 21.3. The molecule has 1 nitrogen and oxygen atoms in total. The van der Waals surface area contributed by atoms with Crippen molar-refractivity contribution in [2.24, 2.45) is 0 Å². The van der Waals surface area contributed by atoms with Crippen molar-refractivity contribution in [1.29, 1.82) is 0 Å². The van der Waals surface area contributed by atoms with E-state index in [4.69, 9.17) is 0 Å². The largest absolute Gasteiger partial charge is 0.309 e. The zero-order valence-electron chi connectivity index (χ0n) is 41.6. The van der Waals surface area contributed by atoms with Crippen molar-refractivity contribution >= 4 is 75.7 Å². The van der Waals surface area contributed by atoms with Gasteiger partial charge in [0.25, 0.3) is 0 Å². The van der Waals surface area contributed by atoms with E-state index in [-0.39, 0.29) is 0 Å². The summed E-state index contributed by atoms with van der Waals surface area (Å²) >= 11 is 0. The minimum absolute atomic E-state index is 0.901. The van der Waals surface area contributed by atoms with Crippen molar-refractivity contribution in [1.82, 2.24) is 4.57 Å². The minimum atomic E-state index is 0.901. The molecule has 76 heavy (non-hydrogen) atoms. The van der Waals surface area contributed by atoms with Crippen LogP contribution in [-0.2, 0) is 6.42 Å². The van der Waals surface area contributed by atoms with Crippen LogP contribution in [0.1, 0.15) is 11.1 Å². The van der Waals surface area contributed by atoms with Gasteiger partial charge in [-0.25, -0.2) is 0 Å². The maximum absolute atomic E-state index is 2.49. The average Bonchev–Trinajstić information content (AvgIpc) is 4.05. The molecule has 0 radical (unpaired) electrons. The Morgan fingerprint density at radius 1 is 0.211 bits per heavy atom. The second-order valence-corrected chi connectivity index (χ2v) is 20.8. The summed E-state index contributed by atoms with van der Waals surface area (Å²) < 4.78 is 2.49. The summed E-state index contributed by atoms with van der Waals surface area (Å²) in [5.74, 6) is 0. The highest BCUT2D eigenvalue weighted by Crippen LogP contribution is 2.44. The van der Waals surface area contributed by atoms with Crippen LogP contribution in [0.15, 0.2) is 273 Å². The summed E-state index contributed by atoms with van der Waals surface area (Å²) in [5, 5.41) is 15.3. The molecular weight excluding hydrogens is 915 g/mol. The lowest BCUT2D eigenvalue weighted by Gasteiger charge is -2.12. The molecule has 0 N–H and O–H groups in total. The highest BCUT2D eigenvalue weighted by molar-refractivity contribution is 6.16. The van der Waals surface area contributed by atoms with Gasteiger partial charge in [-0.05, 0) is 187 Å². The first kappa shape index (κ1) is 42.7. The molecule has 0 atom stereocenters. The molecule has 15 aromatic rings. The fourth-order valence-corrected chi connectivity index (χ4v) is 12.9. The molecule has 16 rings (SSSR count). The van der Waals surface area contributed by atoms with Crippen LogP contribution in [0.4, 0.5) is 0 Å². The summed E-state index contributed by atoms with van der Waals surface area (Å²) in [6.07, 6.45) is 0.901. The molecule has 0 saturated heterocycles. The Morgan fingerprint density at radius 3 is 1.20 bits per heavy atom. The van der Waals surface area contributed by atoms with E-state index in [9.17, 15) is 0 Å². The molecule has 1 aliphatic carbocycles. The standard InChI is InChI=1S/C75H47N/c1-4-16-60-49(12-1)15-11-23-61(60)56-32-36-64-57(40-56)41-58-42-59(35-37-65(58)64)76-74-38-33-52(47-24-28-50(29-25-47)70-45-54-13-2-5-17-62(54)66-19-7-9-21-68(66)70)43-72(74)73-44-53(34-39-75(73)76)48-26-30-51(31-27-48)71-46-55-14-3-6-18-63(55)67-20-8-10-22-69(67)71/h1-40,42-46H,41H2. The van der Waals surface area contributed by atoms with Crippen molar-refractivity contribution in [3.63, 3.8) is 0 Å². The van der Waals surface area contributed by atoms with Crippen molar-refractivity contribution in [3.8, 4) is 72.4 Å². The van der Waals surface area contributed by atoms with Gasteiger partial charge in [-0.3, -0.25) is 0 Å². The van der Waals surface area contributed by atoms with E-state index in [0.29, 0.717) is 0 Å². The van der Waals surface area contributed by atoms with E-state index < -0.39 is 0 Å². The van der Waals surface area contributed by atoms with Gasteiger partial charge in [0.05, 0.1) is 11.0 Å². The van der Waals surface area contributed by atoms with Crippen molar-refractivity contribution < 1.29 is 0 Å². The van der Waals surface area contributed by atoms with Crippen molar-refractivity contribution in [2.75, 3.05) is 0 Å². The average molecular weight is 962 g/mol. The zero-order chi connectivity index (χ0) is 49.8. The molecular formula is C75H47N. The van der Waals surface area contributed by atoms with Gasteiger partial charge in [-0.1, -0.05) is 224 Å². The lowest BCUT2D eigenvalue weighted by molar-refractivity contribution is 1.16. The van der Waals surface area contributed by atoms with E-state index in [2.05, 4.69) is 278 Å². The van der Waals surface area contributed by atoms with Gasteiger partial charge >= 0.3 is 0 Å². The van der Waals surface area contributed by atoms with Gasteiger partial charge < -0.3 is 4.57 Å². The topological polar surface area (TPSA) is 4.93 Å². The smallest absolute Gasteiger partial charge is 0.0541 e. The van der Waals surface area contributed by atoms with Crippen LogP contribution in [0.5, 0.6) is 0 Å². The molecule has 0 fully saturated rings. The summed E-state index contributed by atoms with van der Waals surface area (Å²) in [6, 6.07) is 102. The predicted octanol–water partition coefficient (Wildman–Crippen LogP) is 20.5. The lowest BCUT2D eigenvalue weighted by atomic mass is 9.92. The molecule has 1 aliphatic rings. The van der Waals surface area contributed by atoms with Crippen LogP contribution >= 0.6 is 0 Å². The van der Waals surface area contributed by atoms with E-state index in [0.717, 1.165) is 6.42 Å². The Kier molecular flexibility index (Phi) is 9.47. The molecule has 0 spiro atoms. The van der Waals surface area contributed by atoms with E-state index in [1.807, 2.05) is 0 Å². The molecule has 14 aromatic carbocycles. The summed E-state index contributed by atoms with van der Waals surface area (Å²) in [4.78, 5) is 0.